The molecule has 0 aromatic carbocycles. The lowest BCUT2D eigenvalue weighted by Crippen LogP contribution is -2.51. The molecule has 3 N–H and O–H groups in total. The molecule has 2 atom stereocenters. The van der Waals surface area contributed by atoms with E-state index < -0.39 is 0 Å². The molecule has 1 aliphatic heterocycles. The molecule has 70 valence electrons. The Labute approximate surface area is 73.7 Å². The Balaban J connectivity index is 1.76. The molecule has 2 aliphatic rings. The zero-order chi connectivity index (χ0) is 8.39. The summed E-state index contributed by atoms with van der Waals surface area (Å²) in [5.41, 5.74) is 5.92. The minimum absolute atomic E-state index is 0.208. The molecule has 12 heavy (non-hydrogen) atoms. The zero-order valence-corrected chi connectivity index (χ0v) is 7.46. The maximum Gasteiger partial charge on any atom is 0.0754 e. The number of nitrogens with two attached hydrogens (primary N) is 1. The molecule has 1 saturated carbocycles. The van der Waals surface area contributed by atoms with Crippen LogP contribution in [0.4, 0.5) is 0 Å². The Morgan fingerprint density at radius 1 is 1.25 bits per heavy atom. The molecule has 1 aliphatic carbocycles. The van der Waals surface area contributed by atoms with Crippen molar-refractivity contribution in [2.45, 2.75) is 43.9 Å². The first kappa shape index (κ1) is 8.48. The predicted octanol–water partition coefficient (Wildman–Crippen LogP) is 0.245. The minimum atomic E-state index is 0.208. The van der Waals surface area contributed by atoms with E-state index in [0.29, 0.717) is 12.2 Å². The average Bonchev–Trinajstić information content (AvgIpc) is 2.00. The van der Waals surface area contributed by atoms with Crippen molar-refractivity contribution in [2.24, 2.45) is 5.73 Å². The summed E-state index contributed by atoms with van der Waals surface area (Å²) in [6, 6.07) is 0.208. The van der Waals surface area contributed by atoms with E-state index in [2.05, 4.69) is 5.32 Å². The molecule has 3 nitrogen and oxygen atoms in total. The van der Waals surface area contributed by atoms with Gasteiger partial charge in [-0.05, 0) is 32.2 Å². The molecule has 3 heteroatoms. The highest BCUT2D eigenvalue weighted by Gasteiger charge is 2.27. The van der Waals surface area contributed by atoms with Crippen molar-refractivity contribution in [1.82, 2.24) is 5.32 Å². The number of hydrogen-bond donors (Lipinski definition) is 2. The van der Waals surface area contributed by atoms with Gasteiger partial charge in [-0.1, -0.05) is 0 Å². The van der Waals surface area contributed by atoms with Crippen LogP contribution in [-0.4, -0.2) is 31.3 Å². The summed E-state index contributed by atoms with van der Waals surface area (Å²) in [6.07, 6.45) is 5.76. The van der Waals surface area contributed by atoms with Crippen molar-refractivity contribution in [1.29, 1.82) is 0 Å². The number of hydrogen-bond acceptors (Lipinski definition) is 3. The van der Waals surface area contributed by atoms with Crippen molar-refractivity contribution >= 4 is 0 Å². The van der Waals surface area contributed by atoms with Crippen LogP contribution in [0.25, 0.3) is 0 Å². The number of piperidine rings is 1. The van der Waals surface area contributed by atoms with Crippen LogP contribution in [0, 0.1) is 0 Å². The van der Waals surface area contributed by atoms with Gasteiger partial charge in [-0.3, -0.25) is 0 Å². The van der Waals surface area contributed by atoms with Gasteiger partial charge in [0.15, 0.2) is 0 Å². The normalized spacial score (nSPS) is 37.8. The molecule has 0 radical (unpaired) electrons. The van der Waals surface area contributed by atoms with Crippen LogP contribution in [-0.2, 0) is 4.74 Å². The van der Waals surface area contributed by atoms with Gasteiger partial charge in [0.25, 0.3) is 0 Å². The molecule has 0 spiro atoms. The lowest BCUT2D eigenvalue weighted by molar-refractivity contribution is -0.0693. The van der Waals surface area contributed by atoms with Crippen molar-refractivity contribution in [3.63, 3.8) is 0 Å². The smallest absolute Gasteiger partial charge is 0.0754 e. The minimum Gasteiger partial charge on any atom is -0.373 e. The summed E-state index contributed by atoms with van der Waals surface area (Å²) < 4.78 is 5.87. The van der Waals surface area contributed by atoms with Crippen LogP contribution in [0.2, 0.25) is 0 Å². The predicted molar refractivity (Wildman–Crippen MR) is 48.0 cm³/mol. The molecule has 0 aromatic heterocycles. The molecule has 2 rings (SSSR count). The van der Waals surface area contributed by atoms with Crippen molar-refractivity contribution in [2.75, 3.05) is 13.1 Å². The lowest BCUT2D eigenvalue weighted by Gasteiger charge is -2.35. The van der Waals surface area contributed by atoms with Crippen LogP contribution in [0.5, 0.6) is 0 Å². The zero-order valence-electron chi connectivity index (χ0n) is 7.46. The number of nitrogens with one attached hydrogen (secondary N) is 1. The maximum atomic E-state index is 5.92. The molecular weight excluding hydrogens is 152 g/mol. The molecule has 2 fully saturated rings. The molecule has 1 heterocycles. The van der Waals surface area contributed by atoms with Gasteiger partial charge in [0.2, 0.25) is 0 Å². The Hall–Kier alpha value is -0.120. The summed E-state index contributed by atoms with van der Waals surface area (Å²) in [7, 11) is 0. The van der Waals surface area contributed by atoms with Crippen molar-refractivity contribution < 1.29 is 4.74 Å². The van der Waals surface area contributed by atoms with E-state index in [1.807, 2.05) is 0 Å². The summed E-state index contributed by atoms with van der Waals surface area (Å²) in [6.45, 7) is 1.97. The van der Waals surface area contributed by atoms with Crippen LogP contribution in [0.1, 0.15) is 25.7 Å². The topological polar surface area (TPSA) is 47.3 Å². The Bertz CT molecular complexity index is 147. The fourth-order valence-corrected chi connectivity index (χ4v) is 1.78. The third kappa shape index (κ3) is 1.79. The first-order valence-corrected chi connectivity index (χ1v) is 4.98. The Kier molecular flexibility index (Phi) is 2.63. The highest BCUT2D eigenvalue weighted by atomic mass is 16.5. The molecule has 1 saturated heterocycles. The quantitative estimate of drug-likeness (QED) is 0.624. The van der Waals surface area contributed by atoms with Crippen LogP contribution in [0.15, 0.2) is 0 Å². The van der Waals surface area contributed by atoms with Gasteiger partial charge in [0.05, 0.1) is 12.2 Å². The van der Waals surface area contributed by atoms with Gasteiger partial charge in [-0.2, -0.15) is 0 Å². The monoisotopic (exact) mass is 170 g/mol. The standard InChI is InChI=1S/C9H18N2O/c10-8-6-11-5-4-9(8)12-7-2-1-3-7/h7-9,11H,1-6,10H2. The number of ether oxygens (including phenoxy) is 1. The van der Waals surface area contributed by atoms with Gasteiger partial charge < -0.3 is 15.8 Å². The van der Waals surface area contributed by atoms with Gasteiger partial charge in [0.1, 0.15) is 0 Å². The maximum absolute atomic E-state index is 5.92. The summed E-state index contributed by atoms with van der Waals surface area (Å²) in [4.78, 5) is 0. The van der Waals surface area contributed by atoms with Crippen molar-refractivity contribution in [3.05, 3.63) is 0 Å². The van der Waals surface area contributed by atoms with Gasteiger partial charge >= 0.3 is 0 Å². The summed E-state index contributed by atoms with van der Waals surface area (Å²) in [5.74, 6) is 0. The second-order valence-corrected chi connectivity index (χ2v) is 3.88. The molecular formula is C9H18N2O. The van der Waals surface area contributed by atoms with Crippen molar-refractivity contribution in [3.8, 4) is 0 Å². The second kappa shape index (κ2) is 3.73. The molecule has 0 aromatic rings. The fourth-order valence-electron chi connectivity index (χ4n) is 1.78. The first-order valence-electron chi connectivity index (χ1n) is 4.98. The fraction of sp³-hybridized carbons (Fsp3) is 1.00. The van der Waals surface area contributed by atoms with Crippen LogP contribution < -0.4 is 11.1 Å². The van der Waals surface area contributed by atoms with E-state index in [1.54, 1.807) is 0 Å². The van der Waals surface area contributed by atoms with Crippen LogP contribution >= 0.6 is 0 Å². The SMILES string of the molecule is NC1CNCCC1OC1CCC1. The van der Waals surface area contributed by atoms with E-state index in [1.165, 1.54) is 19.3 Å². The summed E-state index contributed by atoms with van der Waals surface area (Å²) >= 11 is 0. The Morgan fingerprint density at radius 2 is 2.08 bits per heavy atom. The average molecular weight is 170 g/mol. The number of rotatable bonds is 2. The largest absolute Gasteiger partial charge is 0.373 e. The molecule has 2 unspecified atom stereocenters. The van der Waals surface area contributed by atoms with E-state index in [4.69, 9.17) is 10.5 Å². The van der Waals surface area contributed by atoms with E-state index >= 15 is 0 Å². The Morgan fingerprint density at radius 3 is 2.67 bits per heavy atom. The second-order valence-electron chi connectivity index (χ2n) is 3.88. The van der Waals surface area contributed by atoms with Crippen LogP contribution in [0.3, 0.4) is 0 Å². The van der Waals surface area contributed by atoms with E-state index in [0.717, 1.165) is 19.5 Å². The first-order chi connectivity index (χ1) is 5.86. The third-order valence-corrected chi connectivity index (χ3v) is 2.88. The molecule has 0 bridgehead atoms. The lowest BCUT2D eigenvalue weighted by atomic mass is 9.95. The van der Waals surface area contributed by atoms with Gasteiger partial charge in [0, 0.05) is 12.6 Å². The van der Waals surface area contributed by atoms with Gasteiger partial charge in [-0.25, -0.2) is 0 Å². The highest BCUT2D eigenvalue weighted by molar-refractivity contribution is 4.83. The summed E-state index contributed by atoms with van der Waals surface area (Å²) in [5, 5.41) is 3.27. The van der Waals surface area contributed by atoms with E-state index in [-0.39, 0.29) is 6.04 Å². The third-order valence-electron chi connectivity index (χ3n) is 2.88. The highest BCUT2D eigenvalue weighted by Crippen LogP contribution is 2.25. The molecule has 0 amide bonds. The van der Waals surface area contributed by atoms with E-state index in [9.17, 15) is 0 Å². The van der Waals surface area contributed by atoms with Gasteiger partial charge in [-0.15, -0.1) is 0 Å².